The van der Waals surface area contributed by atoms with Gasteiger partial charge in [-0.3, -0.25) is 0 Å². The number of rotatable bonds is 5. The predicted molar refractivity (Wildman–Crippen MR) is 75.1 cm³/mol. The van der Waals surface area contributed by atoms with E-state index >= 15 is 0 Å². The van der Waals surface area contributed by atoms with Crippen LogP contribution in [0.4, 0.5) is 0 Å². The molecule has 0 fully saturated rings. The third-order valence-corrected chi connectivity index (χ3v) is 3.86. The maximum Gasteiger partial charge on any atom is 0.120 e. The monoisotopic (exact) mass is 282 g/mol. The number of phenolic OH excluding ortho intramolecular Hbond substituents is 1. The van der Waals surface area contributed by atoms with Crippen molar-refractivity contribution in [2.24, 2.45) is 0 Å². The van der Waals surface area contributed by atoms with Gasteiger partial charge in [-0.2, -0.15) is 0 Å². The van der Waals surface area contributed by atoms with Crippen LogP contribution >= 0.6 is 22.9 Å². The van der Waals surface area contributed by atoms with E-state index in [1.807, 2.05) is 5.38 Å². The first-order valence-corrected chi connectivity index (χ1v) is 7.06. The molecule has 0 amide bonds. The van der Waals surface area contributed by atoms with Gasteiger partial charge in [-0.05, 0) is 24.6 Å². The second kappa shape index (κ2) is 6.18. The highest BCUT2D eigenvalue weighted by atomic mass is 35.5. The summed E-state index contributed by atoms with van der Waals surface area (Å²) in [6, 6.07) is 5.28. The number of aromatic hydroxyl groups is 1. The third-order valence-electron chi connectivity index (χ3n) is 2.74. The lowest BCUT2D eigenvalue weighted by Gasteiger charge is -2.15. The van der Waals surface area contributed by atoms with Gasteiger partial charge < -0.3 is 10.4 Å². The molecule has 0 aliphatic heterocycles. The smallest absolute Gasteiger partial charge is 0.120 e. The van der Waals surface area contributed by atoms with E-state index in [2.05, 4.69) is 17.2 Å². The third kappa shape index (κ3) is 3.22. The molecule has 0 saturated carbocycles. The molecule has 96 valence electrons. The van der Waals surface area contributed by atoms with E-state index in [4.69, 9.17) is 11.6 Å². The first kappa shape index (κ1) is 13.3. The number of hydrogen-bond donors (Lipinski definition) is 2. The van der Waals surface area contributed by atoms with Gasteiger partial charge >= 0.3 is 0 Å². The summed E-state index contributed by atoms with van der Waals surface area (Å²) >= 11 is 7.55. The molecule has 0 aliphatic rings. The number of nitrogens with zero attached hydrogens (tertiary/aromatic N) is 1. The molecule has 2 rings (SSSR count). The van der Waals surface area contributed by atoms with Crippen LogP contribution in [0.1, 0.15) is 30.0 Å². The topological polar surface area (TPSA) is 45.1 Å². The van der Waals surface area contributed by atoms with Crippen LogP contribution in [0.5, 0.6) is 5.75 Å². The van der Waals surface area contributed by atoms with Crippen molar-refractivity contribution < 1.29 is 5.11 Å². The van der Waals surface area contributed by atoms with Crippen LogP contribution in [-0.2, 0) is 6.54 Å². The minimum Gasteiger partial charge on any atom is -0.508 e. The second-order valence-corrected chi connectivity index (χ2v) is 5.35. The molecule has 2 aromatic rings. The molecule has 3 nitrogen and oxygen atoms in total. The molecular weight excluding hydrogens is 268 g/mol. The maximum atomic E-state index is 9.74. The standard InChI is InChI=1S/C13H15ClN2OS/c1-2-11(13-15-5-6-18-13)16-8-9-7-10(14)3-4-12(9)17/h3-7,11,16-17H,2,8H2,1H3. The molecule has 1 atom stereocenters. The van der Waals surface area contributed by atoms with E-state index in [-0.39, 0.29) is 11.8 Å². The molecule has 1 unspecified atom stereocenters. The molecule has 1 heterocycles. The van der Waals surface area contributed by atoms with E-state index in [0.717, 1.165) is 17.0 Å². The summed E-state index contributed by atoms with van der Waals surface area (Å²) in [5.74, 6) is 0.265. The zero-order valence-corrected chi connectivity index (χ0v) is 11.6. The summed E-state index contributed by atoms with van der Waals surface area (Å²) in [7, 11) is 0. The van der Waals surface area contributed by atoms with Crippen LogP contribution in [0, 0.1) is 0 Å². The van der Waals surface area contributed by atoms with Gasteiger partial charge in [0.25, 0.3) is 0 Å². The fraction of sp³-hybridized carbons (Fsp3) is 0.308. The summed E-state index contributed by atoms with van der Waals surface area (Å²) in [5.41, 5.74) is 0.803. The van der Waals surface area contributed by atoms with Crippen LogP contribution in [-0.4, -0.2) is 10.1 Å². The molecule has 0 aliphatic carbocycles. The maximum absolute atomic E-state index is 9.74. The lowest BCUT2D eigenvalue weighted by Crippen LogP contribution is -2.20. The first-order chi connectivity index (χ1) is 8.70. The summed E-state index contributed by atoms with van der Waals surface area (Å²) in [6.07, 6.45) is 2.76. The predicted octanol–water partition coefficient (Wildman–Crippen LogP) is 3.74. The summed E-state index contributed by atoms with van der Waals surface area (Å²) in [6.45, 7) is 2.68. The van der Waals surface area contributed by atoms with Crippen molar-refractivity contribution in [3.05, 3.63) is 45.4 Å². The largest absolute Gasteiger partial charge is 0.508 e. The van der Waals surface area contributed by atoms with Crippen LogP contribution in [0.15, 0.2) is 29.8 Å². The van der Waals surface area contributed by atoms with Crippen molar-refractivity contribution in [1.29, 1.82) is 0 Å². The van der Waals surface area contributed by atoms with Gasteiger partial charge in [0.2, 0.25) is 0 Å². The number of benzene rings is 1. The molecule has 0 bridgehead atoms. The molecule has 18 heavy (non-hydrogen) atoms. The van der Waals surface area contributed by atoms with E-state index in [1.165, 1.54) is 0 Å². The summed E-state index contributed by atoms with van der Waals surface area (Å²) in [5, 5.41) is 16.8. The Morgan fingerprint density at radius 1 is 1.50 bits per heavy atom. The fourth-order valence-corrected chi connectivity index (χ4v) is 2.73. The number of thiazole rings is 1. The zero-order chi connectivity index (χ0) is 13.0. The Balaban J connectivity index is 2.04. The number of phenols is 1. The van der Waals surface area contributed by atoms with Gasteiger partial charge in [0.1, 0.15) is 10.8 Å². The van der Waals surface area contributed by atoms with Crippen molar-refractivity contribution >= 4 is 22.9 Å². The van der Waals surface area contributed by atoms with E-state index in [0.29, 0.717) is 11.6 Å². The van der Waals surface area contributed by atoms with Crippen LogP contribution in [0.3, 0.4) is 0 Å². The molecular formula is C13H15ClN2OS. The van der Waals surface area contributed by atoms with Crippen molar-refractivity contribution in [1.82, 2.24) is 10.3 Å². The lowest BCUT2D eigenvalue weighted by atomic mass is 10.1. The van der Waals surface area contributed by atoms with Crippen molar-refractivity contribution in [3.8, 4) is 5.75 Å². The number of aromatic nitrogens is 1. The second-order valence-electron chi connectivity index (χ2n) is 3.99. The van der Waals surface area contributed by atoms with Crippen molar-refractivity contribution in [2.75, 3.05) is 0 Å². The van der Waals surface area contributed by atoms with Crippen LogP contribution < -0.4 is 5.32 Å². The van der Waals surface area contributed by atoms with Crippen LogP contribution in [0.25, 0.3) is 0 Å². The highest BCUT2D eigenvalue weighted by molar-refractivity contribution is 7.09. The lowest BCUT2D eigenvalue weighted by molar-refractivity contribution is 0.454. The number of hydrogen-bond acceptors (Lipinski definition) is 4. The SMILES string of the molecule is CCC(NCc1cc(Cl)ccc1O)c1nccs1. The highest BCUT2D eigenvalue weighted by Crippen LogP contribution is 2.24. The van der Waals surface area contributed by atoms with E-state index < -0.39 is 0 Å². The Labute approximate surface area is 115 Å². The fourth-order valence-electron chi connectivity index (χ4n) is 1.74. The Morgan fingerprint density at radius 2 is 2.33 bits per heavy atom. The Bertz CT molecular complexity index is 502. The average Bonchev–Trinajstić information content (AvgIpc) is 2.88. The quantitative estimate of drug-likeness (QED) is 0.878. The van der Waals surface area contributed by atoms with E-state index in [9.17, 15) is 5.11 Å². The van der Waals surface area contributed by atoms with Crippen LogP contribution in [0.2, 0.25) is 5.02 Å². The minimum atomic E-state index is 0.211. The summed E-state index contributed by atoms with van der Waals surface area (Å²) in [4.78, 5) is 4.31. The van der Waals surface area contributed by atoms with Crippen molar-refractivity contribution in [2.45, 2.75) is 25.9 Å². The molecule has 0 spiro atoms. The van der Waals surface area contributed by atoms with E-state index in [1.54, 1.807) is 35.7 Å². The Kier molecular flexibility index (Phi) is 4.58. The number of nitrogens with one attached hydrogen (secondary N) is 1. The van der Waals surface area contributed by atoms with Gasteiger partial charge in [0, 0.05) is 28.7 Å². The summed E-state index contributed by atoms with van der Waals surface area (Å²) < 4.78 is 0. The van der Waals surface area contributed by atoms with Gasteiger partial charge in [-0.1, -0.05) is 18.5 Å². The molecule has 1 aromatic carbocycles. The first-order valence-electron chi connectivity index (χ1n) is 5.81. The zero-order valence-electron chi connectivity index (χ0n) is 10.1. The van der Waals surface area contributed by atoms with Gasteiger partial charge in [-0.15, -0.1) is 11.3 Å². The molecule has 2 N–H and O–H groups in total. The molecule has 0 radical (unpaired) electrons. The highest BCUT2D eigenvalue weighted by Gasteiger charge is 2.12. The molecule has 5 heteroatoms. The molecule has 1 aromatic heterocycles. The van der Waals surface area contributed by atoms with Crippen molar-refractivity contribution in [3.63, 3.8) is 0 Å². The van der Waals surface area contributed by atoms with Gasteiger partial charge in [0.05, 0.1) is 6.04 Å². The Hall–Kier alpha value is -1.10. The number of halogens is 1. The van der Waals surface area contributed by atoms with Gasteiger partial charge in [-0.25, -0.2) is 4.98 Å². The Morgan fingerprint density at radius 3 is 3.00 bits per heavy atom. The van der Waals surface area contributed by atoms with Gasteiger partial charge in [0.15, 0.2) is 0 Å². The normalized spacial score (nSPS) is 12.6. The average molecular weight is 283 g/mol. The minimum absolute atomic E-state index is 0.211. The molecule has 0 saturated heterocycles.